The third kappa shape index (κ3) is 2.69. The van der Waals surface area contributed by atoms with Gasteiger partial charge in [-0.25, -0.2) is 4.39 Å². The minimum Gasteiger partial charge on any atom is -0.502 e. The molecule has 1 saturated heterocycles. The fourth-order valence-electron chi connectivity index (χ4n) is 2.31. The first-order chi connectivity index (χ1) is 8.22. The average molecular weight is 239 g/mol. The van der Waals surface area contributed by atoms with Crippen LogP contribution in [-0.4, -0.2) is 25.3 Å². The Balaban J connectivity index is 2.12. The number of benzene rings is 1. The topological polar surface area (TPSA) is 41.5 Å². The van der Waals surface area contributed by atoms with E-state index in [0.717, 1.165) is 25.9 Å². The number of hydrogen-bond donors (Lipinski definition) is 2. The van der Waals surface area contributed by atoms with Crippen LogP contribution < -0.4 is 10.1 Å². The molecule has 1 fully saturated rings. The lowest BCUT2D eigenvalue weighted by atomic mass is 9.90. The standard InChI is InChI=1S/C13H18FNO2/c1-17-11-3-2-10(12(14)13(11)16)8-9-4-6-15-7-5-9/h2-3,9,15-16H,4-8H2,1H3. The molecular formula is C13H18FNO2. The second kappa shape index (κ2) is 5.36. The lowest BCUT2D eigenvalue weighted by Crippen LogP contribution is -2.28. The molecule has 0 radical (unpaired) electrons. The monoisotopic (exact) mass is 239 g/mol. The van der Waals surface area contributed by atoms with Crippen LogP contribution in [0.3, 0.4) is 0 Å². The number of phenolic OH excluding ortho intramolecular Hbond substituents is 1. The highest BCUT2D eigenvalue weighted by Crippen LogP contribution is 2.32. The molecule has 4 heteroatoms. The molecular weight excluding hydrogens is 221 g/mol. The Morgan fingerprint density at radius 3 is 2.76 bits per heavy atom. The molecule has 0 unspecified atom stereocenters. The second-order valence-corrected chi connectivity index (χ2v) is 4.49. The van der Waals surface area contributed by atoms with Gasteiger partial charge in [0.1, 0.15) is 0 Å². The quantitative estimate of drug-likeness (QED) is 0.848. The van der Waals surface area contributed by atoms with Gasteiger partial charge in [-0.15, -0.1) is 0 Å². The van der Waals surface area contributed by atoms with Crippen molar-refractivity contribution in [2.75, 3.05) is 20.2 Å². The van der Waals surface area contributed by atoms with Crippen molar-refractivity contribution in [1.82, 2.24) is 5.32 Å². The average Bonchev–Trinajstić information content (AvgIpc) is 2.37. The van der Waals surface area contributed by atoms with Crippen molar-refractivity contribution < 1.29 is 14.2 Å². The van der Waals surface area contributed by atoms with Gasteiger partial charge in [0.15, 0.2) is 17.3 Å². The van der Waals surface area contributed by atoms with Crippen LogP contribution in [0.4, 0.5) is 4.39 Å². The van der Waals surface area contributed by atoms with Crippen LogP contribution in [-0.2, 0) is 6.42 Å². The van der Waals surface area contributed by atoms with Gasteiger partial charge >= 0.3 is 0 Å². The fourth-order valence-corrected chi connectivity index (χ4v) is 2.31. The fraction of sp³-hybridized carbons (Fsp3) is 0.538. The normalized spacial score (nSPS) is 17.1. The van der Waals surface area contributed by atoms with E-state index in [1.165, 1.54) is 7.11 Å². The summed E-state index contributed by atoms with van der Waals surface area (Å²) in [6, 6.07) is 3.32. The maximum atomic E-state index is 13.9. The highest BCUT2D eigenvalue weighted by atomic mass is 19.1. The summed E-state index contributed by atoms with van der Waals surface area (Å²) in [6.07, 6.45) is 2.81. The maximum Gasteiger partial charge on any atom is 0.194 e. The Kier molecular flexibility index (Phi) is 3.84. The van der Waals surface area contributed by atoms with E-state index in [1.807, 2.05) is 0 Å². The molecule has 0 atom stereocenters. The SMILES string of the molecule is COc1ccc(CC2CCNCC2)c(F)c1O. The van der Waals surface area contributed by atoms with Crippen molar-refractivity contribution in [3.05, 3.63) is 23.5 Å². The number of phenols is 1. The first-order valence-electron chi connectivity index (χ1n) is 5.97. The minimum atomic E-state index is -0.539. The molecule has 0 spiro atoms. The summed E-state index contributed by atoms with van der Waals surface area (Å²) >= 11 is 0. The number of rotatable bonds is 3. The molecule has 2 N–H and O–H groups in total. The van der Waals surface area contributed by atoms with Gasteiger partial charge in [0.25, 0.3) is 0 Å². The van der Waals surface area contributed by atoms with Crippen molar-refractivity contribution in [1.29, 1.82) is 0 Å². The van der Waals surface area contributed by atoms with Gasteiger partial charge in [0, 0.05) is 0 Å². The van der Waals surface area contributed by atoms with E-state index < -0.39 is 5.82 Å². The molecule has 0 saturated carbocycles. The van der Waals surface area contributed by atoms with Gasteiger partial charge in [0.2, 0.25) is 0 Å². The van der Waals surface area contributed by atoms with Gasteiger partial charge < -0.3 is 15.2 Å². The van der Waals surface area contributed by atoms with E-state index >= 15 is 0 Å². The number of piperidine rings is 1. The largest absolute Gasteiger partial charge is 0.502 e. The minimum absolute atomic E-state index is 0.191. The molecule has 94 valence electrons. The summed E-state index contributed by atoms with van der Waals surface area (Å²) in [4.78, 5) is 0. The van der Waals surface area contributed by atoms with Crippen molar-refractivity contribution in [3.8, 4) is 11.5 Å². The third-order valence-electron chi connectivity index (χ3n) is 3.35. The third-order valence-corrected chi connectivity index (χ3v) is 3.35. The Bertz CT molecular complexity index is 389. The zero-order valence-corrected chi connectivity index (χ0v) is 10.0. The van der Waals surface area contributed by atoms with E-state index in [2.05, 4.69) is 5.32 Å². The van der Waals surface area contributed by atoms with Crippen molar-refractivity contribution in [2.24, 2.45) is 5.92 Å². The summed E-state index contributed by atoms with van der Waals surface area (Å²) in [5, 5.41) is 12.9. The van der Waals surface area contributed by atoms with E-state index in [4.69, 9.17) is 4.74 Å². The van der Waals surface area contributed by atoms with Crippen LogP contribution in [0, 0.1) is 11.7 Å². The Morgan fingerprint density at radius 2 is 2.12 bits per heavy atom. The van der Waals surface area contributed by atoms with Crippen LogP contribution in [0.15, 0.2) is 12.1 Å². The lowest BCUT2D eigenvalue weighted by Gasteiger charge is -2.23. The number of methoxy groups -OCH3 is 1. The first kappa shape index (κ1) is 12.2. The molecule has 2 rings (SSSR count). The van der Waals surface area contributed by atoms with Gasteiger partial charge in [-0.3, -0.25) is 0 Å². The predicted octanol–water partition coefficient (Wildman–Crippen LogP) is 2.08. The van der Waals surface area contributed by atoms with E-state index in [0.29, 0.717) is 17.9 Å². The van der Waals surface area contributed by atoms with Gasteiger partial charge in [0.05, 0.1) is 7.11 Å². The van der Waals surface area contributed by atoms with Gasteiger partial charge in [-0.1, -0.05) is 6.07 Å². The van der Waals surface area contributed by atoms with Gasteiger partial charge in [-0.05, 0) is 49.9 Å². The highest BCUT2D eigenvalue weighted by Gasteiger charge is 2.18. The van der Waals surface area contributed by atoms with Crippen molar-refractivity contribution >= 4 is 0 Å². The number of aromatic hydroxyl groups is 1. The zero-order valence-electron chi connectivity index (χ0n) is 10.0. The number of halogens is 1. The highest BCUT2D eigenvalue weighted by molar-refractivity contribution is 5.43. The van der Waals surface area contributed by atoms with Crippen molar-refractivity contribution in [3.63, 3.8) is 0 Å². The molecule has 0 aromatic heterocycles. The maximum absolute atomic E-state index is 13.9. The van der Waals surface area contributed by atoms with Crippen LogP contribution in [0.25, 0.3) is 0 Å². The van der Waals surface area contributed by atoms with Crippen LogP contribution >= 0.6 is 0 Å². The lowest BCUT2D eigenvalue weighted by molar-refractivity contribution is 0.346. The van der Waals surface area contributed by atoms with E-state index in [9.17, 15) is 9.50 Å². The molecule has 0 amide bonds. The first-order valence-corrected chi connectivity index (χ1v) is 5.97. The molecule has 0 bridgehead atoms. The Hall–Kier alpha value is -1.29. The van der Waals surface area contributed by atoms with Crippen LogP contribution in [0.2, 0.25) is 0 Å². The Morgan fingerprint density at radius 1 is 1.41 bits per heavy atom. The summed E-state index contributed by atoms with van der Waals surface area (Å²) in [7, 11) is 1.42. The molecule has 1 aliphatic heterocycles. The molecule has 3 nitrogen and oxygen atoms in total. The second-order valence-electron chi connectivity index (χ2n) is 4.49. The summed E-state index contributed by atoms with van der Waals surface area (Å²) in [5.74, 6) is -0.225. The molecule has 0 aliphatic carbocycles. The number of ether oxygens (including phenoxy) is 1. The Labute approximate surface area is 101 Å². The molecule has 17 heavy (non-hydrogen) atoms. The predicted molar refractivity (Wildman–Crippen MR) is 63.9 cm³/mol. The van der Waals surface area contributed by atoms with Crippen LogP contribution in [0.1, 0.15) is 18.4 Å². The zero-order chi connectivity index (χ0) is 12.3. The van der Waals surface area contributed by atoms with Crippen molar-refractivity contribution in [2.45, 2.75) is 19.3 Å². The molecule has 1 aromatic rings. The number of hydrogen-bond acceptors (Lipinski definition) is 3. The number of nitrogens with one attached hydrogen (secondary N) is 1. The summed E-state index contributed by atoms with van der Waals surface area (Å²) < 4.78 is 18.7. The smallest absolute Gasteiger partial charge is 0.194 e. The van der Waals surface area contributed by atoms with Gasteiger partial charge in [-0.2, -0.15) is 0 Å². The molecule has 1 aliphatic rings. The molecule has 1 aromatic carbocycles. The summed E-state index contributed by atoms with van der Waals surface area (Å²) in [5.41, 5.74) is 0.579. The summed E-state index contributed by atoms with van der Waals surface area (Å²) in [6.45, 7) is 1.99. The van der Waals surface area contributed by atoms with E-state index in [1.54, 1.807) is 12.1 Å². The van der Waals surface area contributed by atoms with E-state index in [-0.39, 0.29) is 11.5 Å². The molecule has 1 heterocycles. The van der Waals surface area contributed by atoms with Crippen LogP contribution in [0.5, 0.6) is 11.5 Å².